The average molecular weight is 546 g/mol. The van der Waals surface area contributed by atoms with Crippen LogP contribution in [0.1, 0.15) is 37.3 Å². The van der Waals surface area contributed by atoms with Gasteiger partial charge < -0.3 is 14.8 Å². The molecule has 194 valence electrons. The Hall–Kier alpha value is -3.95. The molecule has 0 saturated carbocycles. The molecule has 0 aliphatic carbocycles. The highest BCUT2D eigenvalue weighted by molar-refractivity contribution is 7.10. The Morgan fingerprint density at radius 2 is 1.89 bits per heavy atom. The number of allylic oxidation sites excluding steroid dienone is 1. The largest absolute Gasteiger partial charge is 0.493 e. The Bertz CT molecular complexity index is 1680. The fourth-order valence-corrected chi connectivity index (χ4v) is 6.19. The molecule has 0 saturated heterocycles. The van der Waals surface area contributed by atoms with Crippen LogP contribution in [-0.2, 0) is 4.79 Å². The summed E-state index contributed by atoms with van der Waals surface area (Å²) < 4.78 is 13.5. The van der Waals surface area contributed by atoms with Crippen molar-refractivity contribution in [1.82, 2.24) is 4.57 Å². The number of aromatic nitrogens is 1. The van der Waals surface area contributed by atoms with Crippen LogP contribution in [-0.4, -0.2) is 23.7 Å². The van der Waals surface area contributed by atoms with Crippen LogP contribution in [0.25, 0.3) is 6.08 Å². The molecule has 5 rings (SSSR count). The molecule has 1 atom stereocenters. The summed E-state index contributed by atoms with van der Waals surface area (Å²) in [5.41, 5.74) is 2.31. The second-order valence-corrected chi connectivity index (χ2v) is 11.0. The van der Waals surface area contributed by atoms with E-state index < -0.39 is 6.04 Å². The Balaban J connectivity index is 1.60. The van der Waals surface area contributed by atoms with Gasteiger partial charge in [-0.1, -0.05) is 41.7 Å². The quantitative estimate of drug-likeness (QED) is 0.364. The number of hydrogen-bond acceptors (Lipinski definition) is 7. The highest BCUT2D eigenvalue weighted by Gasteiger charge is 2.33. The monoisotopic (exact) mass is 545 g/mol. The summed E-state index contributed by atoms with van der Waals surface area (Å²) >= 11 is 2.81. The Morgan fingerprint density at radius 1 is 1.11 bits per heavy atom. The Morgan fingerprint density at radius 3 is 2.58 bits per heavy atom. The zero-order valence-corrected chi connectivity index (χ0v) is 23.1. The molecule has 0 fully saturated rings. The molecule has 1 aliphatic heterocycles. The molecule has 38 heavy (non-hydrogen) atoms. The number of carbonyl (C=O) groups is 1. The lowest BCUT2D eigenvalue weighted by Gasteiger charge is -2.24. The number of methoxy groups -OCH3 is 1. The number of benzene rings is 2. The first-order chi connectivity index (χ1) is 18.4. The fraction of sp³-hybridized carbons (Fsp3) is 0.207. The van der Waals surface area contributed by atoms with Crippen molar-refractivity contribution in [2.45, 2.75) is 32.9 Å². The van der Waals surface area contributed by atoms with Crippen molar-refractivity contribution in [3.05, 3.63) is 107 Å². The van der Waals surface area contributed by atoms with Gasteiger partial charge in [-0.2, -0.15) is 0 Å². The molecule has 0 bridgehead atoms. The number of hydrogen-bond donors (Lipinski definition) is 1. The van der Waals surface area contributed by atoms with Crippen LogP contribution in [0.15, 0.2) is 87.1 Å². The van der Waals surface area contributed by atoms with E-state index in [0.717, 1.165) is 10.4 Å². The molecule has 2 aromatic carbocycles. The van der Waals surface area contributed by atoms with Crippen LogP contribution in [0.3, 0.4) is 0 Å². The molecule has 1 N–H and O–H groups in total. The standard InChI is InChI=1S/C29H27N3O4S2/c1-17(2)36-21-13-12-19(15-22(21)35-4)16-24-28(34)32-26(23-11-8-14-37-23)25(18(3)30-29(32)38-24)27(33)31-20-9-6-5-7-10-20/h5-17,26H,1-4H3,(H,31,33)/b24-16-/t26-/m1/s1. The number of anilines is 1. The van der Waals surface area contributed by atoms with Gasteiger partial charge in [0.25, 0.3) is 11.5 Å². The first-order valence-corrected chi connectivity index (χ1v) is 13.8. The van der Waals surface area contributed by atoms with E-state index in [0.29, 0.717) is 37.8 Å². The van der Waals surface area contributed by atoms with Gasteiger partial charge in [0.15, 0.2) is 16.3 Å². The van der Waals surface area contributed by atoms with Gasteiger partial charge in [-0.05, 0) is 68.1 Å². The van der Waals surface area contributed by atoms with Gasteiger partial charge in [0.2, 0.25) is 0 Å². The highest BCUT2D eigenvalue weighted by atomic mass is 32.1. The van der Waals surface area contributed by atoms with Crippen LogP contribution in [0.5, 0.6) is 11.5 Å². The summed E-state index contributed by atoms with van der Waals surface area (Å²) in [6.45, 7) is 5.72. The molecule has 9 heteroatoms. The minimum absolute atomic E-state index is 0.00668. The number of fused-ring (bicyclic) bond motifs is 1. The predicted molar refractivity (Wildman–Crippen MR) is 152 cm³/mol. The number of nitrogens with zero attached hydrogens (tertiary/aromatic N) is 2. The average Bonchev–Trinajstić information content (AvgIpc) is 3.53. The van der Waals surface area contributed by atoms with Gasteiger partial charge in [-0.15, -0.1) is 11.3 Å². The maximum absolute atomic E-state index is 13.8. The molecule has 2 aromatic heterocycles. The first-order valence-electron chi connectivity index (χ1n) is 12.1. The van der Waals surface area contributed by atoms with Crippen LogP contribution >= 0.6 is 22.7 Å². The van der Waals surface area contributed by atoms with Gasteiger partial charge in [-0.25, -0.2) is 4.99 Å². The van der Waals surface area contributed by atoms with E-state index in [1.165, 1.54) is 22.7 Å². The van der Waals surface area contributed by atoms with Gasteiger partial charge in [0, 0.05) is 10.6 Å². The lowest BCUT2D eigenvalue weighted by Crippen LogP contribution is -2.40. The highest BCUT2D eigenvalue weighted by Crippen LogP contribution is 2.33. The van der Waals surface area contributed by atoms with E-state index in [-0.39, 0.29) is 17.6 Å². The Kier molecular flexibility index (Phi) is 7.31. The number of carbonyl (C=O) groups excluding carboxylic acids is 1. The van der Waals surface area contributed by atoms with Crippen molar-refractivity contribution >= 4 is 40.3 Å². The minimum Gasteiger partial charge on any atom is -0.493 e. The third-order valence-electron chi connectivity index (χ3n) is 5.96. The first kappa shape index (κ1) is 25.7. The SMILES string of the molecule is COc1cc(/C=c2\sc3n(c2=O)[C@H](c2cccs2)C(C(=O)Nc2ccccc2)=C(C)N=3)ccc1OC(C)C. The summed E-state index contributed by atoms with van der Waals surface area (Å²) in [6, 6.07) is 18.1. The third-order valence-corrected chi connectivity index (χ3v) is 7.87. The maximum atomic E-state index is 13.8. The third kappa shape index (κ3) is 5.07. The van der Waals surface area contributed by atoms with Crippen molar-refractivity contribution in [1.29, 1.82) is 0 Å². The summed E-state index contributed by atoms with van der Waals surface area (Å²) in [5.74, 6) is 0.950. The molecule has 1 amide bonds. The number of rotatable bonds is 7. The van der Waals surface area contributed by atoms with Crippen LogP contribution in [0, 0.1) is 0 Å². The molecule has 0 unspecified atom stereocenters. The summed E-state index contributed by atoms with van der Waals surface area (Å²) in [6.07, 6.45) is 1.83. The van der Waals surface area contributed by atoms with Crippen LogP contribution in [0.4, 0.5) is 5.69 Å². The fourth-order valence-electron chi connectivity index (χ4n) is 4.32. The number of para-hydroxylation sites is 1. The molecule has 4 aromatic rings. The van der Waals surface area contributed by atoms with Gasteiger partial charge in [0.05, 0.1) is 29.0 Å². The van der Waals surface area contributed by atoms with E-state index in [9.17, 15) is 9.59 Å². The summed E-state index contributed by atoms with van der Waals surface area (Å²) in [5, 5.41) is 4.91. The maximum Gasteiger partial charge on any atom is 0.271 e. The number of thiophene rings is 1. The summed E-state index contributed by atoms with van der Waals surface area (Å²) in [4.78, 5) is 33.5. The van der Waals surface area contributed by atoms with E-state index in [1.807, 2.05) is 92.9 Å². The number of amides is 1. The molecule has 3 heterocycles. The van der Waals surface area contributed by atoms with Crippen LogP contribution in [0.2, 0.25) is 0 Å². The normalized spacial score (nSPS) is 15.3. The van der Waals surface area contributed by atoms with E-state index >= 15 is 0 Å². The van der Waals surface area contributed by atoms with Crippen molar-refractivity contribution in [3.63, 3.8) is 0 Å². The predicted octanol–water partition coefficient (Wildman–Crippen LogP) is 4.73. The van der Waals surface area contributed by atoms with Crippen molar-refractivity contribution in [2.24, 2.45) is 4.99 Å². The van der Waals surface area contributed by atoms with Gasteiger partial charge in [-0.3, -0.25) is 14.2 Å². The molecule has 1 aliphatic rings. The second kappa shape index (κ2) is 10.8. The van der Waals surface area contributed by atoms with Gasteiger partial charge in [0.1, 0.15) is 6.04 Å². The van der Waals surface area contributed by atoms with Crippen LogP contribution < -0.4 is 29.7 Å². The molecular formula is C29H27N3O4S2. The lowest BCUT2D eigenvalue weighted by atomic mass is 10.0. The van der Waals surface area contributed by atoms with Gasteiger partial charge >= 0.3 is 0 Å². The zero-order valence-electron chi connectivity index (χ0n) is 21.4. The topological polar surface area (TPSA) is 81.9 Å². The van der Waals surface area contributed by atoms with E-state index in [4.69, 9.17) is 14.5 Å². The molecule has 0 radical (unpaired) electrons. The van der Waals surface area contributed by atoms with Crippen molar-refractivity contribution < 1.29 is 14.3 Å². The van der Waals surface area contributed by atoms with Crippen molar-refractivity contribution in [2.75, 3.05) is 12.4 Å². The summed E-state index contributed by atoms with van der Waals surface area (Å²) in [7, 11) is 1.59. The van der Waals surface area contributed by atoms with Crippen molar-refractivity contribution in [3.8, 4) is 11.5 Å². The number of thiazole rings is 1. The smallest absolute Gasteiger partial charge is 0.271 e. The number of ether oxygens (including phenoxy) is 2. The molecular weight excluding hydrogens is 518 g/mol. The minimum atomic E-state index is -0.575. The van der Waals surface area contributed by atoms with E-state index in [2.05, 4.69) is 5.32 Å². The lowest BCUT2D eigenvalue weighted by molar-refractivity contribution is -0.113. The Labute approximate surface area is 228 Å². The van der Waals surface area contributed by atoms with E-state index in [1.54, 1.807) is 11.7 Å². The second-order valence-electron chi connectivity index (χ2n) is 8.99. The molecule has 0 spiro atoms. The zero-order chi connectivity index (χ0) is 26.8. The molecule has 7 nitrogen and oxygen atoms in total. The number of nitrogens with one attached hydrogen (secondary N) is 1.